The summed E-state index contributed by atoms with van der Waals surface area (Å²) in [5.74, 6) is 0. The van der Waals surface area contributed by atoms with Crippen LogP contribution in [0.25, 0.3) is 0 Å². The molecule has 0 radical (unpaired) electrons. The number of nitrogens with zero attached hydrogens (tertiary/aromatic N) is 1. The van der Waals surface area contributed by atoms with Crippen molar-refractivity contribution in [3.8, 4) is 0 Å². The highest BCUT2D eigenvalue weighted by atomic mass is 79.9. The van der Waals surface area contributed by atoms with Crippen molar-refractivity contribution in [3.05, 3.63) is 44.8 Å². The van der Waals surface area contributed by atoms with Crippen LogP contribution in [-0.2, 0) is 10.0 Å². The summed E-state index contributed by atoms with van der Waals surface area (Å²) in [6.07, 6.45) is 1.66. The van der Waals surface area contributed by atoms with Crippen molar-refractivity contribution in [2.45, 2.75) is 24.8 Å². The Bertz CT molecular complexity index is 669. The van der Waals surface area contributed by atoms with Crippen molar-refractivity contribution in [2.24, 2.45) is 0 Å². The van der Waals surface area contributed by atoms with Crippen LogP contribution in [0.5, 0.6) is 0 Å². The van der Waals surface area contributed by atoms with Gasteiger partial charge in [-0.25, -0.2) is 18.1 Å². The lowest BCUT2D eigenvalue weighted by molar-refractivity contribution is 0.565. The van der Waals surface area contributed by atoms with Crippen molar-refractivity contribution >= 4 is 37.3 Å². The number of sulfonamides is 1. The average molecular weight is 361 g/mol. The predicted octanol–water partition coefficient (Wildman–Crippen LogP) is 3.25. The number of aromatic nitrogens is 1. The van der Waals surface area contributed by atoms with Gasteiger partial charge < -0.3 is 0 Å². The molecule has 2 aromatic rings. The third kappa shape index (κ3) is 3.42. The highest BCUT2D eigenvalue weighted by molar-refractivity contribution is 9.10. The minimum absolute atomic E-state index is 0.283. The van der Waals surface area contributed by atoms with E-state index in [9.17, 15) is 8.42 Å². The molecule has 1 unspecified atom stereocenters. The molecule has 0 saturated heterocycles. The summed E-state index contributed by atoms with van der Waals surface area (Å²) in [5, 5.41) is 2.57. The summed E-state index contributed by atoms with van der Waals surface area (Å²) in [4.78, 5) is 4.40. The largest absolute Gasteiger partial charge is 0.248 e. The molecule has 0 aliphatic rings. The van der Waals surface area contributed by atoms with Crippen LogP contribution in [-0.4, -0.2) is 13.4 Å². The summed E-state index contributed by atoms with van der Waals surface area (Å²) in [7, 11) is -3.55. The maximum Gasteiger partial charge on any atom is 0.241 e. The first kappa shape index (κ1) is 14.6. The minimum Gasteiger partial charge on any atom is -0.248 e. The van der Waals surface area contributed by atoms with Gasteiger partial charge >= 0.3 is 0 Å². The lowest BCUT2D eigenvalue weighted by Crippen LogP contribution is -2.27. The first-order chi connectivity index (χ1) is 8.90. The summed E-state index contributed by atoms with van der Waals surface area (Å²) >= 11 is 4.72. The molecule has 1 heterocycles. The van der Waals surface area contributed by atoms with Crippen LogP contribution >= 0.6 is 27.3 Å². The van der Waals surface area contributed by atoms with Gasteiger partial charge in [0.1, 0.15) is 5.01 Å². The molecule has 19 heavy (non-hydrogen) atoms. The molecule has 1 aromatic carbocycles. The van der Waals surface area contributed by atoms with Crippen LogP contribution in [0.1, 0.15) is 23.5 Å². The van der Waals surface area contributed by atoms with E-state index in [1.54, 1.807) is 32.2 Å². The van der Waals surface area contributed by atoms with Crippen LogP contribution in [0.15, 0.2) is 39.1 Å². The number of aryl methyl sites for hydroxylation is 1. The molecule has 0 fully saturated rings. The second-order valence-corrected chi connectivity index (χ2v) is 7.65. The molecule has 0 amide bonds. The topological polar surface area (TPSA) is 59.1 Å². The molecule has 1 aromatic heterocycles. The Morgan fingerprint density at radius 1 is 1.42 bits per heavy atom. The van der Waals surface area contributed by atoms with E-state index in [1.807, 2.05) is 11.4 Å². The lowest BCUT2D eigenvalue weighted by Gasteiger charge is -2.13. The normalized spacial score (nSPS) is 13.4. The van der Waals surface area contributed by atoms with Gasteiger partial charge in [0, 0.05) is 16.0 Å². The van der Waals surface area contributed by atoms with Gasteiger partial charge in [-0.05, 0) is 31.5 Å². The molecular formula is C12H13BrN2O2S2. The van der Waals surface area contributed by atoms with E-state index in [1.165, 1.54) is 11.3 Å². The second-order valence-electron chi connectivity index (χ2n) is 4.12. The first-order valence-electron chi connectivity index (χ1n) is 5.58. The van der Waals surface area contributed by atoms with Gasteiger partial charge in [-0.3, -0.25) is 0 Å². The Kier molecular flexibility index (Phi) is 4.39. The van der Waals surface area contributed by atoms with Crippen molar-refractivity contribution < 1.29 is 8.42 Å². The van der Waals surface area contributed by atoms with E-state index >= 15 is 0 Å². The zero-order valence-electron chi connectivity index (χ0n) is 10.4. The highest BCUT2D eigenvalue weighted by Gasteiger charge is 2.21. The number of thiazole rings is 1. The fourth-order valence-electron chi connectivity index (χ4n) is 1.66. The van der Waals surface area contributed by atoms with Gasteiger partial charge in [-0.1, -0.05) is 22.0 Å². The van der Waals surface area contributed by atoms with E-state index in [2.05, 4.69) is 25.6 Å². The van der Waals surface area contributed by atoms with Crippen LogP contribution in [0, 0.1) is 6.92 Å². The van der Waals surface area contributed by atoms with E-state index in [-0.39, 0.29) is 10.9 Å². The molecule has 0 aliphatic carbocycles. The number of benzene rings is 1. The SMILES string of the molecule is Cc1ccc(Br)cc1S(=O)(=O)NC(C)c1nccs1. The van der Waals surface area contributed by atoms with Crippen LogP contribution < -0.4 is 4.72 Å². The quantitative estimate of drug-likeness (QED) is 0.910. The molecule has 0 bridgehead atoms. The number of nitrogens with one attached hydrogen (secondary N) is 1. The molecule has 102 valence electrons. The number of hydrogen-bond acceptors (Lipinski definition) is 4. The van der Waals surface area contributed by atoms with E-state index in [0.717, 1.165) is 9.48 Å². The summed E-state index contributed by atoms with van der Waals surface area (Å²) in [6.45, 7) is 3.55. The monoisotopic (exact) mass is 360 g/mol. The zero-order chi connectivity index (χ0) is 14.0. The molecule has 1 N–H and O–H groups in total. The predicted molar refractivity (Wildman–Crippen MR) is 79.7 cm³/mol. The molecule has 0 saturated carbocycles. The third-order valence-electron chi connectivity index (χ3n) is 2.59. The molecule has 0 aliphatic heterocycles. The van der Waals surface area contributed by atoms with Gasteiger partial charge in [0.2, 0.25) is 10.0 Å². The molecule has 7 heteroatoms. The fourth-order valence-corrected chi connectivity index (χ4v) is 4.37. The molecular weight excluding hydrogens is 348 g/mol. The highest BCUT2D eigenvalue weighted by Crippen LogP contribution is 2.23. The van der Waals surface area contributed by atoms with Gasteiger partial charge in [0.15, 0.2) is 0 Å². The van der Waals surface area contributed by atoms with Crippen molar-refractivity contribution in [1.82, 2.24) is 9.71 Å². The number of hydrogen-bond donors (Lipinski definition) is 1. The Morgan fingerprint density at radius 3 is 2.79 bits per heavy atom. The third-order valence-corrected chi connectivity index (χ3v) is 5.73. The van der Waals surface area contributed by atoms with Gasteiger partial charge in [-0.15, -0.1) is 11.3 Å². The molecule has 2 rings (SSSR count). The van der Waals surface area contributed by atoms with Crippen LogP contribution in [0.2, 0.25) is 0 Å². The Balaban J connectivity index is 2.30. The molecule has 1 atom stereocenters. The molecule has 0 spiro atoms. The summed E-state index contributed by atoms with van der Waals surface area (Å²) in [6, 6.07) is 4.85. The van der Waals surface area contributed by atoms with E-state index in [0.29, 0.717) is 5.56 Å². The first-order valence-corrected chi connectivity index (χ1v) is 8.73. The Hall–Kier alpha value is -0.760. The van der Waals surface area contributed by atoms with Crippen molar-refractivity contribution in [3.63, 3.8) is 0 Å². The fraction of sp³-hybridized carbons (Fsp3) is 0.250. The average Bonchev–Trinajstić information content (AvgIpc) is 2.85. The number of rotatable bonds is 4. The smallest absolute Gasteiger partial charge is 0.241 e. The van der Waals surface area contributed by atoms with E-state index in [4.69, 9.17) is 0 Å². The van der Waals surface area contributed by atoms with Crippen molar-refractivity contribution in [1.29, 1.82) is 0 Å². The maximum absolute atomic E-state index is 12.4. The Morgan fingerprint density at radius 2 is 2.16 bits per heavy atom. The van der Waals surface area contributed by atoms with Gasteiger partial charge in [-0.2, -0.15) is 0 Å². The van der Waals surface area contributed by atoms with E-state index < -0.39 is 10.0 Å². The Labute approximate surface area is 125 Å². The molecule has 4 nitrogen and oxygen atoms in total. The standard InChI is InChI=1S/C12H13BrN2O2S2/c1-8-3-4-10(13)7-11(8)19(16,17)15-9(2)12-14-5-6-18-12/h3-7,9,15H,1-2H3. The zero-order valence-corrected chi connectivity index (χ0v) is 13.6. The van der Waals surface area contributed by atoms with Gasteiger partial charge in [0.05, 0.1) is 10.9 Å². The van der Waals surface area contributed by atoms with Crippen LogP contribution in [0.4, 0.5) is 0 Å². The second kappa shape index (κ2) is 5.70. The summed E-state index contributed by atoms with van der Waals surface area (Å²) in [5.41, 5.74) is 0.710. The maximum atomic E-state index is 12.4. The lowest BCUT2D eigenvalue weighted by atomic mass is 10.2. The van der Waals surface area contributed by atoms with Crippen molar-refractivity contribution in [2.75, 3.05) is 0 Å². The minimum atomic E-state index is -3.55. The van der Waals surface area contributed by atoms with Gasteiger partial charge in [0.25, 0.3) is 0 Å². The van der Waals surface area contributed by atoms with Crippen LogP contribution in [0.3, 0.4) is 0 Å². The number of halogens is 1. The summed E-state index contributed by atoms with van der Waals surface area (Å²) < 4.78 is 28.1.